The van der Waals surface area contributed by atoms with Crippen molar-refractivity contribution in [2.75, 3.05) is 0 Å². The molecular formula is C20H24N4O3. The molecule has 0 aliphatic rings. The van der Waals surface area contributed by atoms with E-state index in [1.807, 2.05) is 25.1 Å². The number of Topliss-reactive ketones (excluding diaryl/α,β-unsaturated/α-hetero) is 1. The minimum Gasteiger partial charge on any atom is -0.507 e. The van der Waals surface area contributed by atoms with Crippen molar-refractivity contribution in [3.8, 4) is 11.5 Å². The van der Waals surface area contributed by atoms with Crippen LogP contribution in [0.15, 0.2) is 46.6 Å². The van der Waals surface area contributed by atoms with Gasteiger partial charge in [-0.15, -0.1) is 5.10 Å². The van der Waals surface area contributed by atoms with E-state index in [-0.39, 0.29) is 17.5 Å². The van der Waals surface area contributed by atoms with Gasteiger partial charge in [0.05, 0.1) is 11.8 Å². The molecule has 2 aromatic rings. The van der Waals surface area contributed by atoms with E-state index in [1.54, 1.807) is 18.2 Å². The summed E-state index contributed by atoms with van der Waals surface area (Å²) in [4.78, 5) is 11.6. The molecule has 7 nitrogen and oxygen atoms in total. The molecule has 0 atom stereocenters. The maximum atomic E-state index is 11.6. The van der Waals surface area contributed by atoms with Gasteiger partial charge in [-0.05, 0) is 54.8 Å². The van der Waals surface area contributed by atoms with Crippen LogP contribution in [-0.4, -0.2) is 23.1 Å². The van der Waals surface area contributed by atoms with Gasteiger partial charge in [0, 0.05) is 5.56 Å². The van der Waals surface area contributed by atoms with Gasteiger partial charge in [-0.25, -0.2) is 0 Å². The summed E-state index contributed by atoms with van der Waals surface area (Å²) in [6.07, 6.45) is 3.05. The third-order valence-corrected chi connectivity index (χ3v) is 3.91. The second-order valence-corrected chi connectivity index (χ2v) is 6.03. The summed E-state index contributed by atoms with van der Waals surface area (Å²) >= 11 is 0. The van der Waals surface area contributed by atoms with E-state index in [4.69, 9.17) is 16.2 Å². The van der Waals surface area contributed by atoms with Crippen LogP contribution in [0.5, 0.6) is 11.5 Å². The fourth-order valence-electron chi connectivity index (χ4n) is 2.60. The largest absolute Gasteiger partial charge is 0.507 e. The lowest BCUT2D eigenvalue weighted by Crippen LogP contribution is -2.21. The Labute approximate surface area is 158 Å². The van der Waals surface area contributed by atoms with E-state index in [2.05, 4.69) is 10.2 Å². The van der Waals surface area contributed by atoms with E-state index >= 15 is 0 Å². The summed E-state index contributed by atoms with van der Waals surface area (Å²) in [6.45, 7) is 3.76. The van der Waals surface area contributed by atoms with Crippen molar-refractivity contribution in [2.45, 2.75) is 33.3 Å². The SMILES string of the molecule is CCCc1c(COc2ccc(/C=N/N=C(N)N)cc2)ccc(C(C)=O)c1O. The molecular weight excluding hydrogens is 344 g/mol. The van der Waals surface area contributed by atoms with E-state index in [9.17, 15) is 9.90 Å². The highest BCUT2D eigenvalue weighted by Gasteiger charge is 2.15. The molecule has 5 N–H and O–H groups in total. The number of benzene rings is 2. The van der Waals surface area contributed by atoms with Gasteiger partial charge >= 0.3 is 0 Å². The highest BCUT2D eigenvalue weighted by molar-refractivity contribution is 5.97. The van der Waals surface area contributed by atoms with Crippen molar-refractivity contribution in [1.29, 1.82) is 0 Å². The zero-order valence-corrected chi connectivity index (χ0v) is 15.5. The van der Waals surface area contributed by atoms with Crippen molar-refractivity contribution >= 4 is 18.0 Å². The van der Waals surface area contributed by atoms with Crippen LogP contribution in [0.25, 0.3) is 0 Å². The number of hydrogen-bond acceptors (Lipinski definition) is 5. The Balaban J connectivity index is 2.12. The molecule has 0 aliphatic carbocycles. The molecule has 0 fully saturated rings. The summed E-state index contributed by atoms with van der Waals surface area (Å²) in [6, 6.07) is 10.7. The zero-order chi connectivity index (χ0) is 19.8. The molecule has 0 radical (unpaired) electrons. The lowest BCUT2D eigenvalue weighted by atomic mass is 9.97. The third kappa shape index (κ3) is 5.57. The second-order valence-electron chi connectivity index (χ2n) is 6.03. The molecule has 142 valence electrons. The fraction of sp³-hybridized carbons (Fsp3) is 0.250. The number of phenolic OH excluding ortho intramolecular Hbond substituents is 1. The standard InChI is InChI=1S/C20H24N4O3/c1-3-4-18-15(7-10-17(13(2)25)19(18)26)12-27-16-8-5-14(6-9-16)11-23-24-20(21)22/h5-11,26H,3-4,12H2,1-2H3,(H4,21,22,24)/b23-11+. The van der Waals surface area contributed by atoms with Gasteiger partial charge in [-0.1, -0.05) is 19.4 Å². The topological polar surface area (TPSA) is 123 Å². The van der Waals surface area contributed by atoms with Crippen molar-refractivity contribution < 1.29 is 14.6 Å². The van der Waals surface area contributed by atoms with Crippen LogP contribution >= 0.6 is 0 Å². The van der Waals surface area contributed by atoms with Crippen LogP contribution in [0.4, 0.5) is 0 Å². The molecule has 2 aromatic carbocycles. The van der Waals surface area contributed by atoms with Gasteiger partial charge in [-0.2, -0.15) is 5.10 Å². The molecule has 0 aromatic heterocycles. The summed E-state index contributed by atoms with van der Waals surface area (Å²) in [5.41, 5.74) is 13.2. The van der Waals surface area contributed by atoms with Crippen LogP contribution in [0.3, 0.4) is 0 Å². The Kier molecular flexibility index (Phi) is 6.93. The Morgan fingerprint density at radius 3 is 2.48 bits per heavy atom. The summed E-state index contributed by atoms with van der Waals surface area (Å²) < 4.78 is 5.82. The molecule has 0 heterocycles. The number of guanidine groups is 1. The molecule has 0 amide bonds. The summed E-state index contributed by atoms with van der Waals surface area (Å²) in [5.74, 6) is 0.465. The third-order valence-electron chi connectivity index (χ3n) is 3.91. The first kappa shape index (κ1) is 20.0. The highest BCUT2D eigenvalue weighted by Crippen LogP contribution is 2.29. The van der Waals surface area contributed by atoms with Gasteiger partial charge < -0.3 is 21.3 Å². The Morgan fingerprint density at radius 2 is 1.89 bits per heavy atom. The molecule has 0 bridgehead atoms. The maximum Gasteiger partial charge on any atom is 0.211 e. The van der Waals surface area contributed by atoms with Gasteiger partial charge in [0.2, 0.25) is 5.96 Å². The summed E-state index contributed by atoms with van der Waals surface area (Å²) in [5, 5.41) is 17.7. The maximum absolute atomic E-state index is 11.6. The van der Waals surface area contributed by atoms with E-state index < -0.39 is 0 Å². The van der Waals surface area contributed by atoms with E-state index in [1.165, 1.54) is 13.1 Å². The molecule has 7 heteroatoms. The van der Waals surface area contributed by atoms with Crippen LogP contribution < -0.4 is 16.2 Å². The molecule has 27 heavy (non-hydrogen) atoms. The molecule has 0 aliphatic heterocycles. The number of nitrogens with zero attached hydrogens (tertiary/aromatic N) is 2. The molecule has 2 rings (SSSR count). The first-order valence-electron chi connectivity index (χ1n) is 8.61. The quantitative estimate of drug-likeness (QED) is 0.286. The predicted molar refractivity (Wildman–Crippen MR) is 106 cm³/mol. The first-order chi connectivity index (χ1) is 12.9. The Bertz CT molecular complexity index is 854. The number of ether oxygens (including phenoxy) is 1. The Morgan fingerprint density at radius 1 is 1.19 bits per heavy atom. The minimum absolute atomic E-state index is 0.0525. The number of hydrogen-bond donors (Lipinski definition) is 3. The normalized spacial score (nSPS) is 10.7. The number of nitrogens with two attached hydrogens (primary N) is 2. The molecule has 0 saturated heterocycles. The van der Waals surface area contributed by atoms with Gasteiger partial charge in [0.25, 0.3) is 0 Å². The first-order valence-corrected chi connectivity index (χ1v) is 8.61. The predicted octanol–water partition coefficient (Wildman–Crippen LogP) is 2.73. The van der Waals surface area contributed by atoms with Crippen molar-refractivity contribution in [3.63, 3.8) is 0 Å². The lowest BCUT2D eigenvalue weighted by molar-refractivity contribution is 0.101. The van der Waals surface area contributed by atoms with Crippen molar-refractivity contribution in [2.24, 2.45) is 21.7 Å². The average Bonchev–Trinajstić information content (AvgIpc) is 2.63. The average molecular weight is 368 g/mol. The Hall–Kier alpha value is -3.35. The minimum atomic E-state index is -0.157. The highest BCUT2D eigenvalue weighted by atomic mass is 16.5. The van der Waals surface area contributed by atoms with Crippen LogP contribution in [0.1, 0.15) is 47.3 Å². The molecule has 0 unspecified atom stereocenters. The zero-order valence-electron chi connectivity index (χ0n) is 15.5. The van der Waals surface area contributed by atoms with E-state index in [0.29, 0.717) is 24.3 Å². The number of ketones is 1. The molecule has 0 saturated carbocycles. The van der Waals surface area contributed by atoms with Crippen LogP contribution in [-0.2, 0) is 13.0 Å². The van der Waals surface area contributed by atoms with Crippen LogP contribution in [0.2, 0.25) is 0 Å². The number of aromatic hydroxyl groups is 1. The number of carbonyl (C=O) groups excluding carboxylic acids is 1. The fourth-order valence-corrected chi connectivity index (χ4v) is 2.60. The van der Waals surface area contributed by atoms with Gasteiger partial charge in [0.15, 0.2) is 5.78 Å². The van der Waals surface area contributed by atoms with Crippen molar-refractivity contribution in [3.05, 3.63) is 58.7 Å². The van der Waals surface area contributed by atoms with Crippen LogP contribution in [0, 0.1) is 0 Å². The smallest absolute Gasteiger partial charge is 0.211 e. The second kappa shape index (κ2) is 9.38. The lowest BCUT2D eigenvalue weighted by Gasteiger charge is -2.14. The summed E-state index contributed by atoms with van der Waals surface area (Å²) in [7, 11) is 0. The van der Waals surface area contributed by atoms with E-state index in [0.717, 1.165) is 23.1 Å². The number of phenols is 1. The molecule has 0 spiro atoms. The van der Waals surface area contributed by atoms with Gasteiger partial charge in [0.1, 0.15) is 18.1 Å². The van der Waals surface area contributed by atoms with Gasteiger partial charge in [-0.3, -0.25) is 4.79 Å². The monoisotopic (exact) mass is 368 g/mol. The van der Waals surface area contributed by atoms with Crippen molar-refractivity contribution in [1.82, 2.24) is 0 Å². The number of carbonyl (C=O) groups is 1. The number of rotatable bonds is 8.